The molecule has 318 valence electrons. The van der Waals surface area contributed by atoms with Crippen molar-refractivity contribution in [3.05, 3.63) is 34.9 Å². The van der Waals surface area contributed by atoms with Crippen LogP contribution in [0.1, 0.15) is 307 Å². The molecule has 0 heteroatoms. The monoisotopic (exact) mass is 751 g/mol. The number of hydrogen-bond donors (Lipinski definition) is 0. The van der Waals surface area contributed by atoms with Gasteiger partial charge in [-0.15, -0.1) is 0 Å². The average Bonchev–Trinajstić information content (AvgIpc) is 3.18. The van der Waals surface area contributed by atoms with Crippen molar-refractivity contribution < 1.29 is 0 Å². The van der Waals surface area contributed by atoms with Gasteiger partial charge in [0.15, 0.2) is 0 Å². The Balaban J connectivity index is 1.99. The summed E-state index contributed by atoms with van der Waals surface area (Å²) in [6, 6.07) is 7.71. The van der Waals surface area contributed by atoms with E-state index in [2.05, 4.69) is 39.0 Å². The molecule has 0 heterocycles. The highest BCUT2D eigenvalue weighted by molar-refractivity contribution is 5.30. The molecule has 0 aliphatic heterocycles. The molecule has 0 radical (unpaired) electrons. The smallest absolute Gasteiger partial charge is 0.0279 e. The van der Waals surface area contributed by atoms with Crippen LogP contribution in [0.2, 0.25) is 0 Å². The van der Waals surface area contributed by atoms with Gasteiger partial charge in [0, 0.05) is 0 Å². The molecule has 0 saturated carbocycles. The van der Waals surface area contributed by atoms with Crippen LogP contribution in [0.4, 0.5) is 0 Å². The van der Waals surface area contributed by atoms with Gasteiger partial charge in [-0.25, -0.2) is 0 Å². The molecule has 0 aromatic heterocycles. The minimum atomic E-state index is 1.27. The summed E-state index contributed by atoms with van der Waals surface area (Å²) in [5.41, 5.74) is 4.88. The number of unbranched alkanes of at least 4 members (excludes halogenated alkanes) is 39. The summed E-state index contributed by atoms with van der Waals surface area (Å²) < 4.78 is 0. The summed E-state index contributed by atoms with van der Waals surface area (Å²) in [6.45, 7) is 6.96. The van der Waals surface area contributed by atoms with Gasteiger partial charge >= 0.3 is 0 Å². The summed E-state index contributed by atoms with van der Waals surface area (Å²) in [5, 5.41) is 0. The third kappa shape index (κ3) is 36.8. The molecule has 0 N–H and O–H groups in total. The minimum absolute atomic E-state index is 1.27. The normalized spacial score (nSPS) is 11.6. The van der Waals surface area contributed by atoms with Crippen molar-refractivity contribution in [3.8, 4) is 0 Å². The molecule has 1 aromatic rings. The number of aryl methyl sites for hydroxylation is 3. The van der Waals surface area contributed by atoms with E-state index in [0.29, 0.717) is 0 Å². The van der Waals surface area contributed by atoms with Gasteiger partial charge in [-0.1, -0.05) is 289 Å². The van der Waals surface area contributed by atoms with Gasteiger partial charge in [0.2, 0.25) is 0 Å². The molecular formula is C54H102. The first kappa shape index (κ1) is 51.2. The number of hydrogen-bond acceptors (Lipinski definition) is 0. The molecule has 0 saturated heterocycles. The Morgan fingerprint density at radius 2 is 0.333 bits per heavy atom. The Morgan fingerprint density at radius 3 is 0.519 bits per heavy atom. The second-order valence-electron chi connectivity index (χ2n) is 18.2. The van der Waals surface area contributed by atoms with E-state index >= 15 is 0 Å². The molecular weight excluding hydrogens is 649 g/mol. The SMILES string of the molecule is CCCCCCCCCCCCCCCCCCCCCCc1cc(CCCC)cc(CCCCCCCCCCCCCCCCCCCCCC)c1. The Morgan fingerprint density at radius 1 is 0.185 bits per heavy atom. The third-order valence-corrected chi connectivity index (χ3v) is 12.6. The van der Waals surface area contributed by atoms with Crippen molar-refractivity contribution >= 4 is 0 Å². The number of rotatable bonds is 45. The fourth-order valence-corrected chi connectivity index (χ4v) is 8.82. The van der Waals surface area contributed by atoms with Gasteiger partial charge in [0.05, 0.1) is 0 Å². The van der Waals surface area contributed by atoms with Crippen LogP contribution >= 0.6 is 0 Å². The van der Waals surface area contributed by atoms with Crippen molar-refractivity contribution in [1.29, 1.82) is 0 Å². The largest absolute Gasteiger partial charge is 0.0654 e. The Hall–Kier alpha value is -0.780. The molecule has 1 aromatic carbocycles. The molecule has 0 spiro atoms. The van der Waals surface area contributed by atoms with E-state index in [1.807, 2.05) is 0 Å². The maximum absolute atomic E-state index is 2.58. The Labute approximate surface area is 343 Å². The number of benzene rings is 1. The van der Waals surface area contributed by atoms with E-state index in [0.717, 1.165) is 0 Å². The van der Waals surface area contributed by atoms with Crippen LogP contribution in [0.5, 0.6) is 0 Å². The first-order chi connectivity index (χ1) is 26.8. The van der Waals surface area contributed by atoms with E-state index < -0.39 is 0 Å². The van der Waals surface area contributed by atoms with Gasteiger partial charge in [-0.3, -0.25) is 0 Å². The predicted octanol–water partition coefficient (Wildman–Crippen LogP) is 19.8. The van der Waals surface area contributed by atoms with E-state index in [-0.39, 0.29) is 0 Å². The molecule has 0 aliphatic rings. The molecule has 0 amide bonds. The first-order valence-electron chi connectivity index (χ1n) is 25.9. The van der Waals surface area contributed by atoms with Gasteiger partial charge in [0.1, 0.15) is 0 Å². The summed E-state index contributed by atoms with van der Waals surface area (Å²) in [7, 11) is 0. The van der Waals surface area contributed by atoms with Crippen molar-refractivity contribution in [3.63, 3.8) is 0 Å². The fraction of sp³-hybridized carbons (Fsp3) is 0.889. The van der Waals surface area contributed by atoms with Crippen LogP contribution in [0.25, 0.3) is 0 Å². The lowest BCUT2D eigenvalue weighted by Crippen LogP contribution is -1.96. The molecule has 0 aliphatic carbocycles. The summed E-state index contributed by atoms with van der Waals surface area (Å²) in [5.74, 6) is 0. The first-order valence-corrected chi connectivity index (χ1v) is 25.9. The fourth-order valence-electron chi connectivity index (χ4n) is 8.82. The van der Waals surface area contributed by atoms with E-state index in [4.69, 9.17) is 0 Å². The average molecular weight is 751 g/mol. The third-order valence-electron chi connectivity index (χ3n) is 12.6. The topological polar surface area (TPSA) is 0 Å². The van der Waals surface area contributed by atoms with Crippen LogP contribution in [0, 0.1) is 0 Å². The molecule has 0 bridgehead atoms. The van der Waals surface area contributed by atoms with E-state index in [9.17, 15) is 0 Å². The van der Waals surface area contributed by atoms with Crippen molar-refractivity contribution in [1.82, 2.24) is 0 Å². The van der Waals surface area contributed by atoms with Crippen LogP contribution < -0.4 is 0 Å². The maximum atomic E-state index is 2.58. The minimum Gasteiger partial charge on any atom is -0.0654 e. The highest BCUT2D eigenvalue weighted by atomic mass is 14.1. The van der Waals surface area contributed by atoms with Crippen molar-refractivity contribution in [2.75, 3.05) is 0 Å². The summed E-state index contributed by atoms with van der Waals surface area (Å²) in [4.78, 5) is 0. The zero-order valence-corrected chi connectivity index (χ0v) is 38.1. The second-order valence-corrected chi connectivity index (χ2v) is 18.2. The van der Waals surface area contributed by atoms with Gasteiger partial charge in [-0.2, -0.15) is 0 Å². The van der Waals surface area contributed by atoms with Crippen LogP contribution in [0.15, 0.2) is 18.2 Å². The van der Waals surface area contributed by atoms with Gasteiger partial charge < -0.3 is 0 Å². The Kier molecular flexibility index (Phi) is 41.1. The maximum Gasteiger partial charge on any atom is -0.0279 e. The summed E-state index contributed by atoms with van der Waals surface area (Å²) >= 11 is 0. The van der Waals surface area contributed by atoms with Crippen molar-refractivity contribution in [2.45, 2.75) is 310 Å². The molecule has 0 unspecified atom stereocenters. The molecule has 0 atom stereocenters. The predicted molar refractivity (Wildman–Crippen MR) is 248 cm³/mol. The molecule has 54 heavy (non-hydrogen) atoms. The molecule has 0 nitrogen and oxygen atoms in total. The Bertz CT molecular complexity index is 774. The van der Waals surface area contributed by atoms with Crippen molar-refractivity contribution in [2.24, 2.45) is 0 Å². The van der Waals surface area contributed by atoms with Crippen LogP contribution in [0.3, 0.4) is 0 Å². The molecule has 0 fully saturated rings. The highest BCUT2D eigenvalue weighted by Crippen LogP contribution is 2.20. The zero-order valence-electron chi connectivity index (χ0n) is 38.1. The lowest BCUT2D eigenvalue weighted by molar-refractivity contribution is 0.521. The van der Waals surface area contributed by atoms with Gasteiger partial charge in [-0.05, 0) is 55.2 Å². The van der Waals surface area contributed by atoms with E-state index in [1.165, 1.54) is 289 Å². The summed E-state index contributed by atoms with van der Waals surface area (Å²) in [6.07, 6.45) is 64.9. The van der Waals surface area contributed by atoms with Gasteiger partial charge in [0.25, 0.3) is 0 Å². The lowest BCUT2D eigenvalue weighted by Gasteiger charge is -2.11. The second kappa shape index (κ2) is 43.3. The standard InChI is InChI=1S/C54H102/c1-4-7-10-12-14-16-18-20-22-24-26-28-30-32-34-36-38-40-42-44-47-53-49-52(46-9-6-3)50-54(51-53)48-45-43-41-39-37-35-33-31-29-27-25-23-21-19-17-15-13-11-8-5-2/h49-51H,4-48H2,1-3H3. The zero-order chi connectivity index (χ0) is 38.7. The quantitative estimate of drug-likeness (QED) is 0.0582. The van der Waals surface area contributed by atoms with Crippen LogP contribution in [-0.2, 0) is 19.3 Å². The molecule has 1 rings (SSSR count). The lowest BCUT2D eigenvalue weighted by atomic mass is 9.95. The van der Waals surface area contributed by atoms with Crippen LogP contribution in [-0.4, -0.2) is 0 Å². The highest BCUT2D eigenvalue weighted by Gasteiger charge is 2.04. The van der Waals surface area contributed by atoms with E-state index in [1.54, 1.807) is 16.7 Å².